The fourth-order valence-corrected chi connectivity index (χ4v) is 3.52. The summed E-state index contributed by atoms with van der Waals surface area (Å²) in [4.78, 5) is 12.4. The van der Waals surface area contributed by atoms with Crippen LogP contribution in [0.1, 0.15) is 34.9 Å². The highest BCUT2D eigenvalue weighted by atomic mass is 32.1. The molecule has 0 aromatic carbocycles. The first-order valence-corrected chi connectivity index (χ1v) is 7.83. The second kappa shape index (κ2) is 5.50. The highest BCUT2D eigenvalue weighted by Gasteiger charge is 2.28. The van der Waals surface area contributed by atoms with Crippen LogP contribution in [-0.4, -0.2) is 23.1 Å². The molecular weight excluding hydrogens is 268 g/mol. The Morgan fingerprint density at radius 3 is 2.85 bits per heavy atom. The van der Waals surface area contributed by atoms with E-state index < -0.39 is 0 Å². The summed E-state index contributed by atoms with van der Waals surface area (Å²) in [5, 5.41) is 2.14. The van der Waals surface area contributed by atoms with Crippen LogP contribution >= 0.6 is 11.3 Å². The largest absolute Gasteiger partial charge is 0.354 e. The monoisotopic (exact) mass is 288 g/mol. The van der Waals surface area contributed by atoms with Crippen molar-refractivity contribution in [1.29, 1.82) is 0 Å². The van der Waals surface area contributed by atoms with Gasteiger partial charge in [-0.15, -0.1) is 11.3 Å². The van der Waals surface area contributed by atoms with Crippen LogP contribution in [0.4, 0.5) is 5.82 Å². The molecule has 0 atom stereocenters. The van der Waals surface area contributed by atoms with Crippen molar-refractivity contribution in [3.63, 3.8) is 0 Å². The number of hydrogen-bond acceptors (Lipinski definition) is 5. The molecule has 2 aromatic heterocycles. The first-order valence-electron chi connectivity index (χ1n) is 6.95. The standard InChI is InChI=1S/C15H20N4S/c1-10-3-4-20-14(10)8-19(2)15-7-13(17-9-18-15)11-5-12(16)6-11/h3-4,7,9,11-12H,5-6,8,16H2,1-2H3. The molecule has 0 radical (unpaired) electrons. The van der Waals surface area contributed by atoms with E-state index in [0.29, 0.717) is 12.0 Å². The lowest BCUT2D eigenvalue weighted by Gasteiger charge is -2.32. The summed E-state index contributed by atoms with van der Waals surface area (Å²) in [7, 11) is 2.08. The summed E-state index contributed by atoms with van der Waals surface area (Å²) in [5.74, 6) is 1.51. The minimum Gasteiger partial charge on any atom is -0.354 e. The Morgan fingerprint density at radius 1 is 1.40 bits per heavy atom. The molecule has 106 valence electrons. The molecular formula is C15H20N4S. The molecule has 20 heavy (non-hydrogen) atoms. The van der Waals surface area contributed by atoms with Gasteiger partial charge in [0.25, 0.3) is 0 Å². The molecule has 2 heterocycles. The van der Waals surface area contributed by atoms with E-state index >= 15 is 0 Å². The summed E-state index contributed by atoms with van der Waals surface area (Å²) in [6.07, 6.45) is 3.76. The van der Waals surface area contributed by atoms with Crippen molar-refractivity contribution in [1.82, 2.24) is 9.97 Å². The minimum atomic E-state index is 0.352. The van der Waals surface area contributed by atoms with Gasteiger partial charge in [-0.2, -0.15) is 0 Å². The number of thiophene rings is 1. The van der Waals surface area contributed by atoms with Crippen LogP contribution in [0.15, 0.2) is 23.8 Å². The van der Waals surface area contributed by atoms with Crippen LogP contribution in [0.2, 0.25) is 0 Å². The van der Waals surface area contributed by atoms with Crippen LogP contribution < -0.4 is 10.6 Å². The van der Waals surface area contributed by atoms with E-state index in [1.54, 1.807) is 17.7 Å². The molecule has 0 amide bonds. The van der Waals surface area contributed by atoms with Crippen LogP contribution in [0, 0.1) is 6.92 Å². The fraction of sp³-hybridized carbons (Fsp3) is 0.467. The molecule has 2 N–H and O–H groups in total. The Morgan fingerprint density at radius 2 is 2.20 bits per heavy atom. The number of aromatic nitrogens is 2. The van der Waals surface area contributed by atoms with Crippen LogP contribution in [0.3, 0.4) is 0 Å². The second-order valence-corrected chi connectivity index (χ2v) is 6.61. The Hall–Kier alpha value is -1.46. The van der Waals surface area contributed by atoms with Crippen LogP contribution in [0.25, 0.3) is 0 Å². The average Bonchev–Trinajstić information content (AvgIpc) is 2.81. The SMILES string of the molecule is Cc1ccsc1CN(C)c1cc(C2CC(N)C2)ncn1. The first kappa shape index (κ1) is 13.5. The molecule has 0 saturated heterocycles. The quantitative estimate of drug-likeness (QED) is 0.940. The van der Waals surface area contributed by atoms with Crippen molar-refractivity contribution < 1.29 is 0 Å². The summed E-state index contributed by atoms with van der Waals surface area (Å²) >= 11 is 1.80. The maximum absolute atomic E-state index is 5.86. The fourth-order valence-electron chi connectivity index (χ4n) is 2.56. The predicted molar refractivity (Wildman–Crippen MR) is 83.1 cm³/mol. The van der Waals surface area contributed by atoms with E-state index in [1.165, 1.54) is 10.4 Å². The van der Waals surface area contributed by atoms with Gasteiger partial charge in [0.1, 0.15) is 12.1 Å². The predicted octanol–water partition coefficient (Wildman–Crippen LogP) is 2.69. The summed E-state index contributed by atoms with van der Waals surface area (Å²) < 4.78 is 0. The molecule has 3 rings (SSSR count). The van der Waals surface area contributed by atoms with E-state index in [2.05, 4.69) is 46.4 Å². The van der Waals surface area contributed by atoms with Crippen molar-refractivity contribution in [2.75, 3.05) is 11.9 Å². The van der Waals surface area contributed by atoms with E-state index in [-0.39, 0.29) is 0 Å². The van der Waals surface area contributed by atoms with E-state index in [0.717, 1.165) is 30.9 Å². The molecule has 0 unspecified atom stereocenters. The number of nitrogens with zero attached hydrogens (tertiary/aromatic N) is 3. The zero-order valence-corrected chi connectivity index (χ0v) is 12.7. The number of hydrogen-bond donors (Lipinski definition) is 1. The third kappa shape index (κ3) is 2.69. The maximum Gasteiger partial charge on any atom is 0.132 e. The van der Waals surface area contributed by atoms with E-state index in [1.807, 2.05) is 0 Å². The summed E-state index contributed by atoms with van der Waals surface area (Å²) in [6.45, 7) is 3.05. The van der Waals surface area contributed by atoms with Crippen molar-refractivity contribution >= 4 is 17.2 Å². The van der Waals surface area contributed by atoms with Crippen molar-refractivity contribution in [2.24, 2.45) is 5.73 Å². The number of rotatable bonds is 4. The van der Waals surface area contributed by atoms with Gasteiger partial charge in [0.2, 0.25) is 0 Å². The highest BCUT2D eigenvalue weighted by molar-refractivity contribution is 7.10. The molecule has 0 aliphatic heterocycles. The zero-order valence-electron chi connectivity index (χ0n) is 11.9. The molecule has 0 bridgehead atoms. The molecule has 1 saturated carbocycles. The third-order valence-corrected chi connectivity index (χ3v) is 5.01. The molecule has 1 aliphatic carbocycles. The lowest BCUT2D eigenvalue weighted by Crippen LogP contribution is -2.35. The number of aryl methyl sites for hydroxylation is 1. The smallest absolute Gasteiger partial charge is 0.132 e. The Balaban J connectivity index is 1.73. The van der Waals surface area contributed by atoms with Crippen molar-refractivity contribution in [3.05, 3.63) is 40.0 Å². The summed E-state index contributed by atoms with van der Waals surface area (Å²) in [6, 6.07) is 4.62. The molecule has 2 aromatic rings. The Labute approximate surface area is 123 Å². The first-order chi connectivity index (χ1) is 9.63. The van der Waals surface area contributed by atoms with Crippen LogP contribution in [-0.2, 0) is 6.54 Å². The topological polar surface area (TPSA) is 55.0 Å². The summed E-state index contributed by atoms with van der Waals surface area (Å²) in [5.41, 5.74) is 8.34. The van der Waals surface area contributed by atoms with Gasteiger partial charge in [-0.05, 0) is 36.8 Å². The maximum atomic E-state index is 5.86. The van der Waals surface area contributed by atoms with E-state index in [4.69, 9.17) is 5.73 Å². The van der Waals surface area contributed by atoms with Crippen LogP contribution in [0.5, 0.6) is 0 Å². The van der Waals surface area contributed by atoms with Gasteiger partial charge in [-0.25, -0.2) is 9.97 Å². The molecule has 5 heteroatoms. The van der Waals surface area contributed by atoms with Gasteiger partial charge in [-0.1, -0.05) is 0 Å². The van der Waals surface area contributed by atoms with Gasteiger partial charge in [-0.3, -0.25) is 0 Å². The Bertz CT molecular complexity index is 589. The highest BCUT2D eigenvalue weighted by Crippen LogP contribution is 2.35. The van der Waals surface area contributed by atoms with Gasteiger partial charge >= 0.3 is 0 Å². The van der Waals surface area contributed by atoms with Crippen molar-refractivity contribution in [2.45, 2.75) is 38.3 Å². The molecule has 1 fully saturated rings. The second-order valence-electron chi connectivity index (χ2n) is 5.61. The van der Waals surface area contributed by atoms with Crippen molar-refractivity contribution in [3.8, 4) is 0 Å². The van der Waals surface area contributed by atoms with Gasteiger partial charge in [0, 0.05) is 35.6 Å². The van der Waals surface area contributed by atoms with Gasteiger partial charge in [0.05, 0.1) is 6.54 Å². The normalized spacial score (nSPS) is 21.6. The third-order valence-electron chi connectivity index (χ3n) is 4.01. The number of anilines is 1. The molecule has 4 nitrogen and oxygen atoms in total. The molecule has 0 spiro atoms. The van der Waals surface area contributed by atoms with E-state index in [9.17, 15) is 0 Å². The minimum absolute atomic E-state index is 0.352. The lowest BCUT2D eigenvalue weighted by molar-refractivity contribution is 0.345. The number of nitrogens with two attached hydrogens (primary N) is 1. The Kier molecular flexibility index (Phi) is 3.72. The van der Waals surface area contributed by atoms with Gasteiger partial charge < -0.3 is 10.6 Å². The average molecular weight is 288 g/mol. The lowest BCUT2D eigenvalue weighted by atomic mass is 9.78. The van der Waals surface area contributed by atoms with Gasteiger partial charge in [0.15, 0.2) is 0 Å². The zero-order chi connectivity index (χ0) is 14.1. The molecule has 1 aliphatic rings.